The van der Waals surface area contributed by atoms with Gasteiger partial charge in [-0.2, -0.15) is 0 Å². The normalized spacial score (nSPS) is 10.5. The van der Waals surface area contributed by atoms with Gasteiger partial charge in [-0.3, -0.25) is 9.59 Å². The zero-order valence-electron chi connectivity index (χ0n) is 7.87. The zero-order valence-corrected chi connectivity index (χ0v) is 8.63. The minimum absolute atomic E-state index is 0.0947. The second-order valence-electron chi connectivity index (χ2n) is 3.12. The molecule has 4 nitrogen and oxygen atoms in total. The Hall–Kier alpha value is -1.68. The van der Waals surface area contributed by atoms with E-state index in [1.54, 1.807) is 12.1 Å². The molecule has 0 bridgehead atoms. The molecule has 0 aliphatic heterocycles. The molecule has 0 atom stereocenters. The number of nitrogens with one attached hydrogen (secondary N) is 1. The van der Waals surface area contributed by atoms with E-state index in [9.17, 15) is 9.59 Å². The van der Waals surface area contributed by atoms with E-state index in [-0.39, 0.29) is 22.0 Å². The Balaban J connectivity index is 2.89. The Labute approximate surface area is 89.9 Å². The molecule has 0 fully saturated rings. The maximum Gasteiger partial charge on any atom is 0.218 e. The minimum atomic E-state index is -0.390. The third-order valence-electron chi connectivity index (χ3n) is 2.07. The standard InChI is InChI=1S/C10H7ClN2O2/c1-5(14)6-4-12-7-2-3-8(11)13-9(7)10(6)15/h2-4H,1H3,(H,12,15). The molecule has 0 saturated carbocycles. The van der Waals surface area contributed by atoms with Gasteiger partial charge in [-0.25, -0.2) is 4.98 Å². The van der Waals surface area contributed by atoms with Gasteiger partial charge in [0.25, 0.3) is 0 Å². The first kappa shape index (κ1) is 9.86. The average Bonchev–Trinajstić information content (AvgIpc) is 2.19. The number of carbonyl (C=O) groups excluding carboxylic acids is 1. The van der Waals surface area contributed by atoms with Crippen molar-refractivity contribution in [2.45, 2.75) is 6.92 Å². The first-order valence-electron chi connectivity index (χ1n) is 4.28. The van der Waals surface area contributed by atoms with Crippen LogP contribution in [0, 0.1) is 0 Å². The zero-order chi connectivity index (χ0) is 11.0. The van der Waals surface area contributed by atoms with Crippen LogP contribution in [0.1, 0.15) is 17.3 Å². The summed E-state index contributed by atoms with van der Waals surface area (Å²) in [4.78, 5) is 29.6. The Kier molecular flexibility index (Phi) is 2.28. The van der Waals surface area contributed by atoms with Crippen molar-refractivity contribution in [3.05, 3.63) is 39.3 Å². The Morgan fingerprint density at radius 2 is 2.20 bits per heavy atom. The number of halogens is 1. The summed E-state index contributed by atoms with van der Waals surface area (Å²) in [6.07, 6.45) is 1.39. The molecule has 0 aliphatic carbocycles. The van der Waals surface area contributed by atoms with Gasteiger partial charge >= 0.3 is 0 Å². The minimum Gasteiger partial charge on any atom is -0.359 e. The number of aromatic amines is 1. The van der Waals surface area contributed by atoms with Crippen LogP contribution >= 0.6 is 11.6 Å². The molecule has 0 radical (unpaired) electrons. The van der Waals surface area contributed by atoms with Gasteiger partial charge in [0.05, 0.1) is 11.1 Å². The number of ketones is 1. The number of carbonyl (C=O) groups is 1. The maximum atomic E-state index is 11.8. The highest BCUT2D eigenvalue weighted by Gasteiger charge is 2.09. The second kappa shape index (κ2) is 3.47. The fraction of sp³-hybridized carbons (Fsp3) is 0.100. The molecule has 0 saturated heterocycles. The predicted octanol–water partition coefficient (Wildman–Crippen LogP) is 1.78. The van der Waals surface area contributed by atoms with Gasteiger partial charge in [0, 0.05) is 6.20 Å². The van der Waals surface area contributed by atoms with Gasteiger partial charge in [0.2, 0.25) is 5.43 Å². The van der Waals surface area contributed by atoms with Crippen LogP contribution in [0.2, 0.25) is 5.15 Å². The van der Waals surface area contributed by atoms with Gasteiger partial charge in [-0.05, 0) is 19.1 Å². The van der Waals surface area contributed by atoms with E-state index in [0.717, 1.165) is 0 Å². The number of nitrogens with zero attached hydrogens (tertiary/aromatic N) is 1. The molecule has 15 heavy (non-hydrogen) atoms. The number of H-pyrrole nitrogens is 1. The lowest BCUT2D eigenvalue weighted by Crippen LogP contribution is -2.14. The Morgan fingerprint density at radius 1 is 1.47 bits per heavy atom. The lowest BCUT2D eigenvalue weighted by Gasteiger charge is -1.99. The van der Waals surface area contributed by atoms with E-state index in [4.69, 9.17) is 11.6 Å². The molecule has 0 unspecified atom stereocenters. The Bertz CT molecular complexity index is 604. The van der Waals surface area contributed by atoms with E-state index in [1.807, 2.05) is 0 Å². The maximum absolute atomic E-state index is 11.8. The SMILES string of the molecule is CC(=O)c1c[nH]c2ccc(Cl)nc2c1=O. The van der Waals surface area contributed by atoms with E-state index in [0.29, 0.717) is 5.52 Å². The summed E-state index contributed by atoms with van der Waals surface area (Å²) in [6, 6.07) is 3.23. The van der Waals surface area contributed by atoms with Crippen LogP contribution in [-0.4, -0.2) is 15.8 Å². The van der Waals surface area contributed by atoms with E-state index in [2.05, 4.69) is 9.97 Å². The number of hydrogen-bond acceptors (Lipinski definition) is 3. The smallest absolute Gasteiger partial charge is 0.218 e. The third-order valence-corrected chi connectivity index (χ3v) is 2.28. The molecule has 1 N–H and O–H groups in total. The van der Waals surface area contributed by atoms with Crippen molar-refractivity contribution in [2.24, 2.45) is 0 Å². The average molecular weight is 223 g/mol. The Morgan fingerprint density at radius 3 is 2.87 bits per heavy atom. The number of aromatic nitrogens is 2. The summed E-state index contributed by atoms with van der Waals surface area (Å²) < 4.78 is 0. The summed E-state index contributed by atoms with van der Waals surface area (Å²) in [6.45, 7) is 1.33. The number of pyridine rings is 2. The van der Waals surface area contributed by atoms with Crippen molar-refractivity contribution in [1.82, 2.24) is 9.97 Å². The van der Waals surface area contributed by atoms with Crippen LogP contribution in [0.25, 0.3) is 11.0 Å². The molecule has 2 heterocycles. The van der Waals surface area contributed by atoms with E-state index < -0.39 is 5.43 Å². The van der Waals surface area contributed by atoms with Gasteiger partial charge in [-0.15, -0.1) is 0 Å². The molecule has 2 aromatic heterocycles. The quantitative estimate of drug-likeness (QED) is 0.591. The van der Waals surface area contributed by atoms with Crippen molar-refractivity contribution in [3.63, 3.8) is 0 Å². The number of hydrogen-bond donors (Lipinski definition) is 1. The predicted molar refractivity (Wildman–Crippen MR) is 57.4 cm³/mol. The second-order valence-corrected chi connectivity index (χ2v) is 3.51. The van der Waals surface area contributed by atoms with Crippen molar-refractivity contribution < 1.29 is 4.79 Å². The van der Waals surface area contributed by atoms with Crippen molar-refractivity contribution in [3.8, 4) is 0 Å². The summed E-state index contributed by atoms with van der Waals surface area (Å²) >= 11 is 5.67. The van der Waals surface area contributed by atoms with Gasteiger partial charge in [0.15, 0.2) is 5.78 Å². The molecule has 2 aromatic rings. The first-order chi connectivity index (χ1) is 7.09. The van der Waals surface area contributed by atoms with Crippen molar-refractivity contribution >= 4 is 28.4 Å². The largest absolute Gasteiger partial charge is 0.359 e. The highest BCUT2D eigenvalue weighted by atomic mass is 35.5. The summed E-state index contributed by atoms with van der Waals surface area (Å²) in [7, 11) is 0. The van der Waals surface area contributed by atoms with Crippen LogP contribution in [0.3, 0.4) is 0 Å². The number of rotatable bonds is 1. The summed E-state index contributed by atoms with van der Waals surface area (Å²) in [5, 5.41) is 0.230. The molecule has 0 aromatic carbocycles. The molecule has 76 valence electrons. The highest BCUT2D eigenvalue weighted by molar-refractivity contribution is 6.29. The van der Waals surface area contributed by atoms with Gasteiger partial charge in [-0.1, -0.05) is 11.6 Å². The van der Waals surface area contributed by atoms with Crippen LogP contribution in [-0.2, 0) is 0 Å². The van der Waals surface area contributed by atoms with Crippen LogP contribution in [0.5, 0.6) is 0 Å². The molecule has 2 rings (SSSR count). The summed E-state index contributed by atoms with van der Waals surface area (Å²) in [5.74, 6) is -0.292. The third kappa shape index (κ3) is 1.64. The van der Waals surface area contributed by atoms with Crippen molar-refractivity contribution in [2.75, 3.05) is 0 Å². The molecular weight excluding hydrogens is 216 g/mol. The van der Waals surface area contributed by atoms with Crippen molar-refractivity contribution in [1.29, 1.82) is 0 Å². The fourth-order valence-corrected chi connectivity index (χ4v) is 1.48. The number of Topliss-reactive ketones (excluding diaryl/α,β-unsaturated/α-hetero) is 1. The van der Waals surface area contributed by atoms with E-state index in [1.165, 1.54) is 13.1 Å². The lowest BCUT2D eigenvalue weighted by atomic mass is 10.2. The topological polar surface area (TPSA) is 62.8 Å². The van der Waals surface area contributed by atoms with E-state index >= 15 is 0 Å². The molecule has 0 aliphatic rings. The van der Waals surface area contributed by atoms with Crippen LogP contribution < -0.4 is 5.43 Å². The van der Waals surface area contributed by atoms with Gasteiger partial charge < -0.3 is 4.98 Å². The highest BCUT2D eigenvalue weighted by Crippen LogP contribution is 2.10. The summed E-state index contributed by atoms with van der Waals surface area (Å²) in [5.41, 5.74) is 0.459. The van der Waals surface area contributed by atoms with Crippen LogP contribution in [0.4, 0.5) is 0 Å². The molecule has 0 amide bonds. The van der Waals surface area contributed by atoms with Crippen LogP contribution in [0.15, 0.2) is 23.1 Å². The molecule has 5 heteroatoms. The fourth-order valence-electron chi connectivity index (χ4n) is 1.33. The van der Waals surface area contributed by atoms with Gasteiger partial charge in [0.1, 0.15) is 10.7 Å². The first-order valence-corrected chi connectivity index (χ1v) is 4.66. The molecular formula is C10H7ClN2O2. The molecule has 0 spiro atoms. The monoisotopic (exact) mass is 222 g/mol. The lowest BCUT2D eigenvalue weighted by molar-refractivity contribution is 0.101. The number of fused-ring (bicyclic) bond motifs is 1.